The van der Waals surface area contributed by atoms with Crippen LogP contribution in [0.25, 0.3) is 0 Å². The van der Waals surface area contributed by atoms with Gasteiger partial charge in [-0.05, 0) is 43.4 Å². The van der Waals surface area contributed by atoms with Gasteiger partial charge in [0.2, 0.25) is 6.79 Å². The minimum Gasteiger partial charge on any atom is -0.454 e. The molecule has 2 unspecified atom stereocenters. The van der Waals surface area contributed by atoms with E-state index in [4.69, 9.17) is 15.2 Å². The first kappa shape index (κ1) is 12.5. The SMILES string of the molecule is NC1CC2CCCC(C1)N2Cc1ccc2c(c1)OCO2. The molecule has 3 aliphatic heterocycles. The highest BCUT2D eigenvalue weighted by Crippen LogP contribution is 2.37. The number of ether oxygens (including phenoxy) is 2. The molecule has 4 rings (SSSR count). The van der Waals surface area contributed by atoms with Gasteiger partial charge in [0.15, 0.2) is 11.5 Å². The summed E-state index contributed by atoms with van der Waals surface area (Å²) in [6.45, 7) is 1.36. The van der Waals surface area contributed by atoms with Crippen LogP contribution in [0.2, 0.25) is 0 Å². The Morgan fingerprint density at radius 3 is 2.65 bits per heavy atom. The highest BCUT2D eigenvalue weighted by atomic mass is 16.7. The van der Waals surface area contributed by atoms with Crippen molar-refractivity contribution in [2.75, 3.05) is 6.79 Å². The number of piperidine rings is 2. The van der Waals surface area contributed by atoms with Crippen LogP contribution < -0.4 is 15.2 Å². The van der Waals surface area contributed by atoms with Crippen LogP contribution in [0.1, 0.15) is 37.7 Å². The fourth-order valence-corrected chi connectivity index (χ4v) is 4.03. The van der Waals surface area contributed by atoms with Crippen LogP contribution in [-0.4, -0.2) is 29.8 Å². The van der Waals surface area contributed by atoms with E-state index in [1.165, 1.54) is 24.8 Å². The minimum atomic E-state index is 0.350. The molecule has 2 N–H and O–H groups in total. The quantitative estimate of drug-likeness (QED) is 0.898. The van der Waals surface area contributed by atoms with Crippen molar-refractivity contribution in [1.29, 1.82) is 0 Å². The number of rotatable bonds is 2. The lowest BCUT2D eigenvalue weighted by atomic mass is 9.82. The summed E-state index contributed by atoms with van der Waals surface area (Å²) in [6.07, 6.45) is 6.27. The van der Waals surface area contributed by atoms with Gasteiger partial charge in [-0.3, -0.25) is 4.90 Å². The average Bonchev–Trinajstić information content (AvgIpc) is 2.87. The highest BCUT2D eigenvalue weighted by molar-refractivity contribution is 5.44. The molecule has 4 nitrogen and oxygen atoms in total. The number of hydrogen-bond acceptors (Lipinski definition) is 4. The van der Waals surface area contributed by atoms with E-state index in [-0.39, 0.29) is 0 Å². The van der Waals surface area contributed by atoms with Crippen LogP contribution in [-0.2, 0) is 6.54 Å². The Hall–Kier alpha value is -1.26. The first-order valence-corrected chi connectivity index (χ1v) is 7.69. The molecule has 0 aliphatic carbocycles. The molecule has 3 heterocycles. The van der Waals surface area contributed by atoms with Gasteiger partial charge in [0.25, 0.3) is 0 Å². The average molecular weight is 274 g/mol. The molecule has 108 valence electrons. The first-order valence-electron chi connectivity index (χ1n) is 7.69. The molecule has 20 heavy (non-hydrogen) atoms. The summed E-state index contributed by atoms with van der Waals surface area (Å²) in [5.41, 5.74) is 7.51. The summed E-state index contributed by atoms with van der Waals surface area (Å²) in [5.74, 6) is 1.76. The van der Waals surface area contributed by atoms with E-state index in [1.54, 1.807) is 0 Å². The van der Waals surface area contributed by atoms with Crippen molar-refractivity contribution in [3.63, 3.8) is 0 Å². The van der Waals surface area contributed by atoms with Gasteiger partial charge in [-0.1, -0.05) is 12.5 Å². The molecule has 3 aliphatic rings. The number of nitrogens with two attached hydrogens (primary N) is 1. The maximum atomic E-state index is 6.19. The van der Waals surface area contributed by atoms with Crippen LogP contribution >= 0.6 is 0 Å². The lowest BCUT2D eigenvalue weighted by molar-refractivity contribution is 0.0244. The largest absolute Gasteiger partial charge is 0.454 e. The Morgan fingerprint density at radius 1 is 1.10 bits per heavy atom. The fourth-order valence-electron chi connectivity index (χ4n) is 4.03. The van der Waals surface area contributed by atoms with Crippen molar-refractivity contribution < 1.29 is 9.47 Å². The Balaban J connectivity index is 1.53. The molecule has 1 aromatic carbocycles. The van der Waals surface area contributed by atoms with Crippen LogP contribution in [0.5, 0.6) is 11.5 Å². The maximum absolute atomic E-state index is 6.19. The first-order chi connectivity index (χ1) is 9.79. The van der Waals surface area contributed by atoms with E-state index < -0.39 is 0 Å². The molecule has 2 bridgehead atoms. The molecule has 0 radical (unpaired) electrons. The van der Waals surface area contributed by atoms with Crippen molar-refractivity contribution >= 4 is 0 Å². The predicted octanol–water partition coefficient (Wildman–Crippen LogP) is 2.26. The molecule has 0 saturated carbocycles. The Labute approximate surface area is 119 Å². The second kappa shape index (κ2) is 4.93. The van der Waals surface area contributed by atoms with Crippen molar-refractivity contribution in [3.8, 4) is 11.5 Å². The van der Waals surface area contributed by atoms with Crippen molar-refractivity contribution in [1.82, 2.24) is 4.90 Å². The van der Waals surface area contributed by atoms with Gasteiger partial charge in [-0.15, -0.1) is 0 Å². The highest BCUT2D eigenvalue weighted by Gasteiger charge is 2.36. The molecular weight excluding hydrogens is 252 g/mol. The molecule has 4 heteroatoms. The lowest BCUT2D eigenvalue weighted by Crippen LogP contribution is -2.54. The second-order valence-corrected chi connectivity index (χ2v) is 6.33. The third-order valence-electron chi connectivity index (χ3n) is 4.96. The molecular formula is C16H22N2O2. The molecule has 2 saturated heterocycles. The van der Waals surface area contributed by atoms with Gasteiger partial charge >= 0.3 is 0 Å². The minimum absolute atomic E-state index is 0.350. The zero-order chi connectivity index (χ0) is 13.5. The van der Waals surface area contributed by atoms with Crippen LogP contribution in [0.15, 0.2) is 18.2 Å². The van der Waals surface area contributed by atoms with Gasteiger partial charge in [-0.2, -0.15) is 0 Å². The van der Waals surface area contributed by atoms with Crippen LogP contribution in [0, 0.1) is 0 Å². The van der Waals surface area contributed by atoms with E-state index in [1.807, 2.05) is 6.07 Å². The van der Waals surface area contributed by atoms with Gasteiger partial charge in [0, 0.05) is 24.7 Å². The second-order valence-electron chi connectivity index (χ2n) is 6.33. The van der Waals surface area contributed by atoms with Gasteiger partial charge < -0.3 is 15.2 Å². The van der Waals surface area contributed by atoms with E-state index in [2.05, 4.69) is 17.0 Å². The number of hydrogen-bond donors (Lipinski definition) is 1. The normalized spacial score (nSPS) is 32.4. The van der Waals surface area contributed by atoms with E-state index in [0.29, 0.717) is 24.9 Å². The van der Waals surface area contributed by atoms with Crippen molar-refractivity contribution in [2.45, 2.75) is 56.8 Å². The van der Waals surface area contributed by atoms with E-state index >= 15 is 0 Å². The van der Waals surface area contributed by atoms with Crippen LogP contribution in [0.4, 0.5) is 0 Å². The van der Waals surface area contributed by atoms with Gasteiger partial charge in [0.1, 0.15) is 0 Å². The summed E-state index contributed by atoms with van der Waals surface area (Å²) in [4.78, 5) is 2.67. The maximum Gasteiger partial charge on any atom is 0.231 e. The third-order valence-corrected chi connectivity index (χ3v) is 4.96. The zero-order valence-corrected chi connectivity index (χ0v) is 11.8. The smallest absolute Gasteiger partial charge is 0.231 e. The summed E-state index contributed by atoms with van der Waals surface area (Å²) >= 11 is 0. The van der Waals surface area contributed by atoms with Crippen LogP contribution in [0.3, 0.4) is 0 Å². The summed E-state index contributed by atoms with van der Waals surface area (Å²) in [6, 6.07) is 8.07. The Kier molecular flexibility index (Phi) is 3.08. The summed E-state index contributed by atoms with van der Waals surface area (Å²) in [5, 5.41) is 0. The molecule has 2 fully saturated rings. The van der Waals surface area contributed by atoms with Crippen molar-refractivity contribution in [2.24, 2.45) is 5.73 Å². The molecule has 2 atom stereocenters. The monoisotopic (exact) mass is 274 g/mol. The molecule has 0 amide bonds. The van der Waals surface area contributed by atoms with Crippen molar-refractivity contribution in [3.05, 3.63) is 23.8 Å². The zero-order valence-electron chi connectivity index (χ0n) is 11.8. The number of nitrogens with zero attached hydrogens (tertiary/aromatic N) is 1. The number of benzene rings is 1. The Morgan fingerprint density at radius 2 is 1.85 bits per heavy atom. The predicted molar refractivity (Wildman–Crippen MR) is 76.7 cm³/mol. The summed E-state index contributed by atoms with van der Waals surface area (Å²) in [7, 11) is 0. The third kappa shape index (κ3) is 2.17. The Bertz CT molecular complexity index is 491. The molecule has 0 spiro atoms. The van der Waals surface area contributed by atoms with Gasteiger partial charge in [-0.25, -0.2) is 0 Å². The topological polar surface area (TPSA) is 47.7 Å². The number of fused-ring (bicyclic) bond motifs is 3. The molecule has 0 aromatic heterocycles. The lowest BCUT2D eigenvalue weighted by Gasteiger charge is -2.48. The fraction of sp³-hybridized carbons (Fsp3) is 0.625. The standard InChI is InChI=1S/C16H22N2O2/c17-12-7-13-2-1-3-14(8-12)18(13)9-11-4-5-15-16(6-11)20-10-19-15/h4-6,12-14H,1-3,7-10,17H2. The summed E-state index contributed by atoms with van der Waals surface area (Å²) < 4.78 is 10.9. The van der Waals surface area contributed by atoms with E-state index in [0.717, 1.165) is 30.9 Å². The van der Waals surface area contributed by atoms with E-state index in [9.17, 15) is 0 Å². The molecule has 1 aromatic rings. The van der Waals surface area contributed by atoms with Gasteiger partial charge in [0.05, 0.1) is 0 Å².